The summed E-state index contributed by atoms with van der Waals surface area (Å²) in [5.41, 5.74) is 0.959. The minimum atomic E-state index is -0.472. The largest absolute Gasteiger partial charge is 0.393 e. The van der Waals surface area contributed by atoms with Crippen LogP contribution in [0.2, 0.25) is 0 Å². The van der Waals surface area contributed by atoms with Gasteiger partial charge in [-0.1, -0.05) is 12.1 Å². The highest BCUT2D eigenvalue weighted by atomic mass is 32.1. The Hall–Kier alpha value is -1.20. The number of nitrogens with zero attached hydrogens (tertiary/aromatic N) is 2. The van der Waals surface area contributed by atoms with Crippen LogP contribution in [0.3, 0.4) is 0 Å². The number of thiophene rings is 1. The summed E-state index contributed by atoms with van der Waals surface area (Å²) in [4.78, 5) is 4.31. The van der Waals surface area contributed by atoms with Crippen molar-refractivity contribution in [2.75, 3.05) is 0 Å². The van der Waals surface area contributed by atoms with Crippen molar-refractivity contribution in [3.8, 4) is 11.4 Å². The van der Waals surface area contributed by atoms with E-state index in [0.29, 0.717) is 11.7 Å². The zero-order chi connectivity index (χ0) is 11.5. The summed E-state index contributed by atoms with van der Waals surface area (Å²) >= 11 is 1.59. The lowest BCUT2D eigenvalue weighted by Crippen LogP contribution is -2.13. The second-order valence-corrected chi connectivity index (χ2v) is 4.50. The van der Waals surface area contributed by atoms with Gasteiger partial charge >= 0.3 is 0 Å². The Labute approximate surface area is 97.9 Å². The Bertz CT molecular complexity index is 437. The number of rotatable bonds is 4. The molecule has 4 nitrogen and oxygen atoms in total. The molecule has 0 spiro atoms. The molecule has 2 unspecified atom stereocenters. The van der Waals surface area contributed by atoms with Crippen molar-refractivity contribution in [2.45, 2.75) is 32.3 Å². The van der Waals surface area contributed by atoms with Crippen LogP contribution < -0.4 is 0 Å². The topological polar surface area (TPSA) is 59.2 Å². The molecule has 2 aromatic heterocycles. The molecule has 86 valence electrons. The molecular formula is C11H14N2O2S. The third-order valence-electron chi connectivity index (χ3n) is 2.56. The lowest BCUT2D eigenvalue weighted by atomic mass is 10.0. The second kappa shape index (κ2) is 4.76. The van der Waals surface area contributed by atoms with Gasteiger partial charge in [-0.3, -0.25) is 0 Å². The number of aromatic nitrogens is 2. The van der Waals surface area contributed by atoms with Gasteiger partial charge in [-0.15, -0.1) is 0 Å². The number of hydrogen-bond donors (Lipinski definition) is 1. The minimum absolute atomic E-state index is 0.0834. The van der Waals surface area contributed by atoms with E-state index in [1.807, 2.05) is 23.8 Å². The van der Waals surface area contributed by atoms with Crippen LogP contribution in [0, 0.1) is 0 Å². The van der Waals surface area contributed by atoms with Gasteiger partial charge in [-0.05, 0) is 24.8 Å². The first-order valence-electron chi connectivity index (χ1n) is 5.26. The van der Waals surface area contributed by atoms with Crippen molar-refractivity contribution in [3.63, 3.8) is 0 Å². The molecular weight excluding hydrogens is 224 g/mol. The van der Waals surface area contributed by atoms with E-state index in [1.54, 1.807) is 18.3 Å². The molecule has 2 rings (SSSR count). The van der Waals surface area contributed by atoms with Crippen molar-refractivity contribution >= 4 is 11.3 Å². The molecule has 2 aromatic rings. The Kier molecular flexibility index (Phi) is 3.36. The molecule has 0 fully saturated rings. The van der Waals surface area contributed by atoms with Crippen molar-refractivity contribution in [2.24, 2.45) is 0 Å². The second-order valence-electron chi connectivity index (χ2n) is 3.72. The molecule has 0 aliphatic carbocycles. The predicted molar refractivity (Wildman–Crippen MR) is 62.3 cm³/mol. The Morgan fingerprint density at radius 1 is 1.56 bits per heavy atom. The summed E-state index contributed by atoms with van der Waals surface area (Å²) in [6, 6.07) is 1.95. The Morgan fingerprint density at radius 2 is 2.38 bits per heavy atom. The first-order chi connectivity index (χ1) is 7.72. The highest BCUT2D eigenvalue weighted by Gasteiger charge is 2.22. The minimum Gasteiger partial charge on any atom is -0.393 e. The fraction of sp³-hybridized carbons (Fsp3) is 0.455. The van der Waals surface area contributed by atoms with E-state index in [9.17, 15) is 5.11 Å². The summed E-state index contributed by atoms with van der Waals surface area (Å²) in [6.45, 7) is 3.73. The Balaban J connectivity index is 2.25. The zero-order valence-electron chi connectivity index (χ0n) is 9.25. The third kappa shape index (κ3) is 2.15. The molecule has 0 aliphatic heterocycles. The van der Waals surface area contributed by atoms with Gasteiger partial charge in [-0.25, -0.2) is 0 Å². The molecule has 1 N–H and O–H groups in total. The molecule has 5 heteroatoms. The monoisotopic (exact) mass is 238 g/mol. The van der Waals surface area contributed by atoms with Gasteiger partial charge in [-0.2, -0.15) is 16.3 Å². The maximum atomic E-state index is 9.58. The van der Waals surface area contributed by atoms with Gasteiger partial charge in [0.05, 0.1) is 12.0 Å². The molecule has 0 amide bonds. The van der Waals surface area contributed by atoms with Crippen LogP contribution in [-0.2, 0) is 0 Å². The molecule has 2 atom stereocenters. The highest BCUT2D eigenvalue weighted by molar-refractivity contribution is 7.08. The fourth-order valence-electron chi connectivity index (χ4n) is 1.62. The van der Waals surface area contributed by atoms with Crippen LogP contribution in [0.1, 0.15) is 32.1 Å². The van der Waals surface area contributed by atoms with Crippen LogP contribution >= 0.6 is 11.3 Å². The van der Waals surface area contributed by atoms with Gasteiger partial charge in [0.25, 0.3) is 0 Å². The van der Waals surface area contributed by atoms with E-state index >= 15 is 0 Å². The molecule has 0 aliphatic rings. The summed E-state index contributed by atoms with van der Waals surface area (Å²) in [5, 5.41) is 17.4. The Morgan fingerprint density at radius 3 is 2.94 bits per heavy atom. The number of aliphatic hydroxyl groups is 1. The zero-order valence-corrected chi connectivity index (χ0v) is 10.1. The maximum absolute atomic E-state index is 9.58. The smallest absolute Gasteiger partial charge is 0.232 e. The lowest BCUT2D eigenvalue weighted by molar-refractivity contribution is 0.141. The van der Waals surface area contributed by atoms with Gasteiger partial charge in [0, 0.05) is 10.9 Å². The predicted octanol–water partition coefficient (Wildman–Crippen LogP) is 2.67. The summed E-state index contributed by atoms with van der Waals surface area (Å²) in [6.07, 6.45) is 0.309. The molecule has 0 bridgehead atoms. The normalized spacial score (nSPS) is 14.9. The van der Waals surface area contributed by atoms with Gasteiger partial charge < -0.3 is 9.63 Å². The maximum Gasteiger partial charge on any atom is 0.232 e. The molecule has 2 heterocycles. The van der Waals surface area contributed by atoms with Crippen LogP contribution in [0.5, 0.6) is 0 Å². The fourth-order valence-corrected chi connectivity index (χ4v) is 2.25. The summed E-state index contributed by atoms with van der Waals surface area (Å²) < 4.78 is 5.19. The van der Waals surface area contributed by atoms with Crippen LogP contribution in [0.4, 0.5) is 0 Å². The van der Waals surface area contributed by atoms with Crippen LogP contribution in [-0.4, -0.2) is 21.4 Å². The number of hydrogen-bond acceptors (Lipinski definition) is 5. The SMILES string of the molecule is CCC(c1nc(-c2ccsc2)no1)C(C)O. The van der Waals surface area contributed by atoms with Crippen molar-refractivity contribution < 1.29 is 9.63 Å². The van der Waals surface area contributed by atoms with Crippen LogP contribution in [0.25, 0.3) is 11.4 Å². The van der Waals surface area contributed by atoms with Gasteiger partial charge in [0.2, 0.25) is 11.7 Å². The standard InChI is InChI=1S/C11H14N2O2S/c1-3-9(7(2)14)11-12-10(13-15-11)8-4-5-16-6-8/h4-7,9,14H,3H2,1-2H3. The van der Waals surface area contributed by atoms with Crippen LogP contribution in [0.15, 0.2) is 21.3 Å². The lowest BCUT2D eigenvalue weighted by Gasteiger charge is -2.12. The molecule has 0 saturated carbocycles. The molecule has 0 radical (unpaired) electrons. The van der Waals surface area contributed by atoms with Crippen molar-refractivity contribution in [1.82, 2.24) is 10.1 Å². The first kappa shape index (κ1) is 11.3. The molecule has 16 heavy (non-hydrogen) atoms. The number of aliphatic hydroxyl groups excluding tert-OH is 1. The van der Waals surface area contributed by atoms with E-state index in [1.165, 1.54) is 0 Å². The van der Waals surface area contributed by atoms with Crippen molar-refractivity contribution in [1.29, 1.82) is 0 Å². The molecule has 0 saturated heterocycles. The van der Waals surface area contributed by atoms with E-state index in [0.717, 1.165) is 12.0 Å². The van der Waals surface area contributed by atoms with E-state index < -0.39 is 6.10 Å². The highest BCUT2D eigenvalue weighted by Crippen LogP contribution is 2.25. The average Bonchev–Trinajstić information content (AvgIpc) is 2.86. The quantitative estimate of drug-likeness (QED) is 0.889. The first-order valence-corrected chi connectivity index (χ1v) is 6.21. The van der Waals surface area contributed by atoms with E-state index in [-0.39, 0.29) is 5.92 Å². The van der Waals surface area contributed by atoms with E-state index in [4.69, 9.17) is 4.52 Å². The van der Waals surface area contributed by atoms with Gasteiger partial charge in [0.1, 0.15) is 0 Å². The third-order valence-corrected chi connectivity index (χ3v) is 3.24. The average molecular weight is 238 g/mol. The van der Waals surface area contributed by atoms with E-state index in [2.05, 4.69) is 10.1 Å². The van der Waals surface area contributed by atoms with Gasteiger partial charge in [0.15, 0.2) is 0 Å². The van der Waals surface area contributed by atoms with Crippen molar-refractivity contribution in [3.05, 3.63) is 22.7 Å². The summed E-state index contributed by atoms with van der Waals surface area (Å²) in [7, 11) is 0. The molecule has 0 aromatic carbocycles. The summed E-state index contributed by atoms with van der Waals surface area (Å²) in [5.74, 6) is 1.02.